The van der Waals surface area contributed by atoms with Crippen molar-refractivity contribution >= 4 is 0 Å². The highest BCUT2D eigenvalue weighted by Gasteiger charge is 2.34. The summed E-state index contributed by atoms with van der Waals surface area (Å²) >= 11 is 0. The fourth-order valence-electron chi connectivity index (χ4n) is 8.72. The van der Waals surface area contributed by atoms with Crippen LogP contribution in [-0.2, 0) is 34.7 Å². The molecule has 0 radical (unpaired) electrons. The van der Waals surface area contributed by atoms with E-state index in [2.05, 4.69) is 213 Å². The monoisotopic (exact) mass is 787 g/mol. The molecular formula is C55H66N2O2. The average Bonchev–Trinajstić information content (AvgIpc) is 3.23. The maximum Gasteiger partial charge on any atom is 0.124 e. The molecule has 4 heteroatoms. The predicted octanol–water partition coefficient (Wildman–Crippen LogP) is 12.4. The topological polar surface area (TPSA) is 46.9 Å². The molecule has 0 saturated heterocycles. The first-order chi connectivity index (χ1) is 27.9. The van der Waals surface area contributed by atoms with Gasteiger partial charge in [-0.05, 0) is 79.1 Å². The highest BCUT2D eigenvalue weighted by atomic mass is 16.3. The summed E-state index contributed by atoms with van der Waals surface area (Å²) in [5.41, 5.74) is 9.65. The molecule has 0 saturated carbocycles. The summed E-state index contributed by atoms with van der Waals surface area (Å²) in [5.74, 6) is 0.747. The van der Waals surface area contributed by atoms with Crippen molar-refractivity contribution in [1.29, 1.82) is 0 Å². The molecule has 0 aromatic heterocycles. The van der Waals surface area contributed by atoms with Crippen LogP contribution in [-0.4, -0.2) is 47.2 Å². The molecule has 6 rings (SSSR count). The van der Waals surface area contributed by atoms with Gasteiger partial charge in [0, 0.05) is 57.0 Å². The second-order valence-electron chi connectivity index (χ2n) is 18.9. The Balaban J connectivity index is 1.23. The Morgan fingerprint density at radius 1 is 0.373 bits per heavy atom. The SMILES string of the molecule is CN(CCCN(C)Cc1cc(C(C)(C)c2ccccc2)cc(C(C)(C)c2ccccc2)c1O)Cc1cc(C(C)(C)c2ccccc2)cc(C(C)(C)c2ccccc2)c1O. The molecule has 0 unspecified atom stereocenters. The van der Waals surface area contributed by atoms with E-state index in [-0.39, 0.29) is 10.8 Å². The lowest BCUT2D eigenvalue weighted by atomic mass is 9.72. The van der Waals surface area contributed by atoms with Crippen molar-refractivity contribution in [3.8, 4) is 11.5 Å². The van der Waals surface area contributed by atoms with Crippen LogP contribution in [0.5, 0.6) is 11.5 Å². The molecule has 0 heterocycles. The molecule has 6 aromatic rings. The van der Waals surface area contributed by atoms with Crippen LogP contribution in [0.1, 0.15) is 117 Å². The summed E-state index contributed by atoms with van der Waals surface area (Å²) in [5, 5.41) is 24.1. The van der Waals surface area contributed by atoms with Gasteiger partial charge in [0.2, 0.25) is 0 Å². The second-order valence-corrected chi connectivity index (χ2v) is 18.9. The molecule has 308 valence electrons. The summed E-state index contributed by atoms with van der Waals surface area (Å²) in [6.07, 6.45) is 0.934. The van der Waals surface area contributed by atoms with E-state index in [1.807, 2.05) is 12.1 Å². The minimum atomic E-state index is -0.403. The fourth-order valence-corrected chi connectivity index (χ4v) is 8.72. The van der Waals surface area contributed by atoms with Crippen molar-refractivity contribution in [2.75, 3.05) is 27.2 Å². The molecule has 0 spiro atoms. The van der Waals surface area contributed by atoms with E-state index in [9.17, 15) is 10.2 Å². The molecule has 0 fully saturated rings. The molecule has 0 aliphatic heterocycles. The Kier molecular flexibility index (Phi) is 12.9. The maximum atomic E-state index is 12.0. The average molecular weight is 787 g/mol. The van der Waals surface area contributed by atoms with Crippen molar-refractivity contribution in [3.63, 3.8) is 0 Å². The van der Waals surface area contributed by atoms with Crippen LogP contribution in [0.3, 0.4) is 0 Å². The van der Waals surface area contributed by atoms with Crippen molar-refractivity contribution in [1.82, 2.24) is 9.80 Å². The second kappa shape index (κ2) is 17.6. The molecule has 2 N–H and O–H groups in total. The number of phenolic OH excluding ortho intramolecular Hbond substituents is 2. The third kappa shape index (κ3) is 9.35. The zero-order valence-corrected chi connectivity index (χ0v) is 37.2. The van der Waals surface area contributed by atoms with Gasteiger partial charge in [-0.3, -0.25) is 0 Å². The molecule has 0 aliphatic carbocycles. The fraction of sp³-hybridized carbons (Fsp3) is 0.345. The molecule has 0 atom stereocenters. The highest BCUT2D eigenvalue weighted by Crippen LogP contribution is 2.45. The third-order valence-corrected chi connectivity index (χ3v) is 13.1. The van der Waals surface area contributed by atoms with Gasteiger partial charge in [0.15, 0.2) is 0 Å². The molecule has 0 amide bonds. The minimum Gasteiger partial charge on any atom is -0.507 e. The molecule has 6 aromatic carbocycles. The van der Waals surface area contributed by atoms with Gasteiger partial charge in [-0.1, -0.05) is 189 Å². The number of rotatable bonds is 16. The molecular weight excluding hydrogens is 721 g/mol. The van der Waals surface area contributed by atoms with E-state index in [0.29, 0.717) is 24.6 Å². The number of nitrogens with zero attached hydrogens (tertiary/aromatic N) is 2. The van der Waals surface area contributed by atoms with Gasteiger partial charge in [0.1, 0.15) is 11.5 Å². The normalized spacial score (nSPS) is 12.7. The smallest absolute Gasteiger partial charge is 0.124 e. The van der Waals surface area contributed by atoms with Crippen molar-refractivity contribution in [3.05, 3.63) is 201 Å². The van der Waals surface area contributed by atoms with E-state index in [1.165, 1.54) is 33.4 Å². The van der Waals surface area contributed by atoms with Crippen molar-refractivity contribution < 1.29 is 10.2 Å². The third-order valence-electron chi connectivity index (χ3n) is 13.1. The van der Waals surface area contributed by atoms with Crippen LogP contribution in [0, 0.1) is 0 Å². The van der Waals surface area contributed by atoms with Crippen LogP contribution in [0.25, 0.3) is 0 Å². The van der Waals surface area contributed by atoms with Gasteiger partial charge in [-0.2, -0.15) is 0 Å². The van der Waals surface area contributed by atoms with Crippen LogP contribution >= 0.6 is 0 Å². The number of hydrogen-bond donors (Lipinski definition) is 2. The highest BCUT2D eigenvalue weighted by molar-refractivity contribution is 5.56. The predicted molar refractivity (Wildman–Crippen MR) is 248 cm³/mol. The zero-order chi connectivity index (χ0) is 42.6. The Hall–Kier alpha value is -5.16. The largest absolute Gasteiger partial charge is 0.507 e. The summed E-state index contributed by atoms with van der Waals surface area (Å²) in [7, 11) is 4.30. The van der Waals surface area contributed by atoms with Gasteiger partial charge in [-0.15, -0.1) is 0 Å². The summed E-state index contributed by atoms with van der Waals surface area (Å²) in [6.45, 7) is 20.9. The molecule has 4 nitrogen and oxygen atoms in total. The number of hydrogen-bond acceptors (Lipinski definition) is 4. The molecule has 0 bridgehead atoms. The van der Waals surface area contributed by atoms with E-state index >= 15 is 0 Å². The van der Waals surface area contributed by atoms with Gasteiger partial charge in [0.25, 0.3) is 0 Å². The Morgan fingerprint density at radius 3 is 0.932 bits per heavy atom. The van der Waals surface area contributed by atoms with Crippen LogP contribution in [0.15, 0.2) is 146 Å². The lowest BCUT2D eigenvalue weighted by Crippen LogP contribution is -2.28. The van der Waals surface area contributed by atoms with Crippen molar-refractivity contribution in [2.45, 2.75) is 96.6 Å². The van der Waals surface area contributed by atoms with Gasteiger partial charge < -0.3 is 20.0 Å². The maximum absolute atomic E-state index is 12.0. The standard InChI is InChI=1S/C55H66N2O2/c1-52(2,42-24-15-11-16-25-42)46-34-40(50(58)48(36-46)54(5,6)44-28-19-13-20-29-44)38-56(9)32-23-33-57(10)39-41-35-47(53(3,4)43-26-17-12-18-27-43)37-49(51(41)59)55(7,8)45-30-21-14-22-31-45/h11-22,24-31,34-37,58-59H,23,32-33,38-39H2,1-10H3. The summed E-state index contributed by atoms with van der Waals surface area (Å²) in [4.78, 5) is 4.64. The lowest BCUT2D eigenvalue weighted by molar-refractivity contribution is 0.265. The number of phenols is 2. The first-order valence-corrected chi connectivity index (χ1v) is 21.3. The van der Waals surface area contributed by atoms with Crippen LogP contribution < -0.4 is 0 Å². The Bertz CT molecular complexity index is 2130. The quantitative estimate of drug-likeness (QED) is 0.103. The summed E-state index contributed by atoms with van der Waals surface area (Å²) in [6, 6.07) is 51.2. The summed E-state index contributed by atoms with van der Waals surface area (Å²) < 4.78 is 0. The molecule has 59 heavy (non-hydrogen) atoms. The zero-order valence-electron chi connectivity index (χ0n) is 37.2. The first-order valence-electron chi connectivity index (χ1n) is 21.3. The van der Waals surface area contributed by atoms with E-state index in [4.69, 9.17) is 0 Å². The first kappa shape index (κ1) is 43.4. The van der Waals surface area contributed by atoms with E-state index < -0.39 is 10.8 Å². The van der Waals surface area contributed by atoms with Gasteiger partial charge >= 0.3 is 0 Å². The minimum absolute atomic E-state index is 0.262. The lowest BCUT2D eigenvalue weighted by Gasteiger charge is -2.33. The Morgan fingerprint density at radius 2 is 0.644 bits per heavy atom. The Labute approximate surface area is 355 Å². The van der Waals surface area contributed by atoms with Crippen LogP contribution in [0.4, 0.5) is 0 Å². The number of benzene rings is 6. The van der Waals surface area contributed by atoms with E-state index in [0.717, 1.165) is 41.8 Å². The van der Waals surface area contributed by atoms with E-state index in [1.54, 1.807) is 0 Å². The van der Waals surface area contributed by atoms with Crippen molar-refractivity contribution in [2.24, 2.45) is 0 Å². The molecule has 0 aliphatic rings. The van der Waals surface area contributed by atoms with Crippen LogP contribution in [0.2, 0.25) is 0 Å². The van der Waals surface area contributed by atoms with Gasteiger partial charge in [0.05, 0.1) is 0 Å². The number of aromatic hydroxyl groups is 2. The van der Waals surface area contributed by atoms with Gasteiger partial charge in [-0.25, -0.2) is 0 Å².